The van der Waals surface area contributed by atoms with Gasteiger partial charge in [0.1, 0.15) is 0 Å². The summed E-state index contributed by atoms with van der Waals surface area (Å²) >= 11 is 0. The molecule has 0 bridgehead atoms. The third kappa shape index (κ3) is 4.97. The monoisotopic (exact) mass is 275 g/mol. The highest BCUT2D eigenvalue weighted by molar-refractivity contribution is 5.75. The van der Waals surface area contributed by atoms with Crippen LogP contribution in [0.3, 0.4) is 0 Å². The summed E-state index contributed by atoms with van der Waals surface area (Å²) in [6.45, 7) is 0.778. The van der Waals surface area contributed by atoms with Gasteiger partial charge in [0, 0.05) is 13.0 Å². The Hall–Kier alpha value is -1.35. The molecule has 1 aliphatic carbocycles. The maximum absolute atomic E-state index is 11.7. The lowest BCUT2D eigenvalue weighted by atomic mass is 10.0. The highest BCUT2D eigenvalue weighted by Crippen LogP contribution is 2.28. The summed E-state index contributed by atoms with van der Waals surface area (Å²) in [6.07, 6.45) is 7.88. The number of nitrogens with one attached hydrogen (secondary N) is 1. The van der Waals surface area contributed by atoms with Crippen molar-refractivity contribution in [1.82, 2.24) is 5.32 Å². The Balaban J connectivity index is 1.60. The Bertz CT molecular complexity index is 408. The smallest absolute Gasteiger partial charge is 0.220 e. The molecule has 3 heteroatoms. The predicted octanol–water partition coefficient (Wildman–Crippen LogP) is 2.81. The lowest BCUT2D eigenvalue weighted by Crippen LogP contribution is -2.25. The molecule has 0 unspecified atom stereocenters. The van der Waals surface area contributed by atoms with Gasteiger partial charge in [-0.1, -0.05) is 49.9 Å². The summed E-state index contributed by atoms with van der Waals surface area (Å²) in [6, 6.07) is 7.88. The number of benzene rings is 1. The summed E-state index contributed by atoms with van der Waals surface area (Å²) in [5.41, 5.74) is 2.12. The van der Waals surface area contributed by atoms with Crippen molar-refractivity contribution in [2.45, 2.75) is 51.6 Å². The highest BCUT2D eigenvalue weighted by Gasteiger charge is 2.15. The van der Waals surface area contributed by atoms with Crippen LogP contribution in [-0.2, 0) is 17.8 Å². The molecule has 0 heterocycles. The highest BCUT2D eigenvalue weighted by atomic mass is 16.3. The number of hydrogen-bond donors (Lipinski definition) is 2. The number of amides is 1. The van der Waals surface area contributed by atoms with Crippen molar-refractivity contribution in [2.75, 3.05) is 6.54 Å². The van der Waals surface area contributed by atoms with Gasteiger partial charge < -0.3 is 10.4 Å². The number of rotatable bonds is 7. The Morgan fingerprint density at radius 3 is 2.45 bits per heavy atom. The van der Waals surface area contributed by atoms with E-state index in [1.807, 2.05) is 24.3 Å². The molecule has 0 aliphatic heterocycles. The van der Waals surface area contributed by atoms with Gasteiger partial charge in [0.05, 0.1) is 6.61 Å². The van der Waals surface area contributed by atoms with Crippen LogP contribution in [0.25, 0.3) is 0 Å². The van der Waals surface area contributed by atoms with Gasteiger partial charge in [0.25, 0.3) is 0 Å². The molecule has 0 radical (unpaired) electrons. The van der Waals surface area contributed by atoms with Crippen molar-refractivity contribution in [2.24, 2.45) is 5.92 Å². The normalized spacial score (nSPS) is 15.4. The molecule has 2 N–H and O–H groups in total. The predicted molar refractivity (Wildman–Crippen MR) is 80.3 cm³/mol. The number of carbonyl (C=O) groups excluding carboxylic acids is 1. The lowest BCUT2D eigenvalue weighted by molar-refractivity contribution is -0.121. The Kier molecular flexibility index (Phi) is 6.06. The largest absolute Gasteiger partial charge is 0.392 e. The van der Waals surface area contributed by atoms with Gasteiger partial charge in [-0.25, -0.2) is 0 Å². The van der Waals surface area contributed by atoms with E-state index in [4.69, 9.17) is 5.11 Å². The molecule has 0 atom stereocenters. The van der Waals surface area contributed by atoms with Crippen LogP contribution in [0.5, 0.6) is 0 Å². The van der Waals surface area contributed by atoms with E-state index < -0.39 is 0 Å². The molecular weight excluding hydrogens is 250 g/mol. The first-order valence-electron chi connectivity index (χ1n) is 7.73. The minimum Gasteiger partial charge on any atom is -0.392 e. The molecular formula is C17H25NO2. The molecule has 20 heavy (non-hydrogen) atoms. The van der Waals surface area contributed by atoms with Crippen LogP contribution in [-0.4, -0.2) is 17.6 Å². The number of hydrogen-bond acceptors (Lipinski definition) is 2. The van der Waals surface area contributed by atoms with E-state index in [-0.39, 0.29) is 12.5 Å². The molecule has 1 aromatic carbocycles. The van der Waals surface area contributed by atoms with Crippen LogP contribution >= 0.6 is 0 Å². The van der Waals surface area contributed by atoms with E-state index in [1.54, 1.807) is 0 Å². The third-order valence-electron chi connectivity index (χ3n) is 4.20. The van der Waals surface area contributed by atoms with Crippen molar-refractivity contribution in [3.8, 4) is 0 Å². The zero-order chi connectivity index (χ0) is 14.2. The molecule has 1 fully saturated rings. The zero-order valence-corrected chi connectivity index (χ0v) is 12.1. The molecule has 1 aliphatic rings. The zero-order valence-electron chi connectivity index (χ0n) is 12.1. The lowest BCUT2D eigenvalue weighted by Gasteiger charge is -2.09. The second kappa shape index (κ2) is 8.05. The standard InChI is InChI=1S/C17H25NO2/c19-13-16-7-5-15(6-8-16)11-12-18-17(20)10-9-14-3-1-2-4-14/h5-8,14,19H,1-4,9-13H2,(H,18,20). The molecule has 0 spiro atoms. The Morgan fingerprint density at radius 1 is 1.15 bits per heavy atom. The second-order valence-electron chi connectivity index (χ2n) is 5.76. The van der Waals surface area contributed by atoms with Crippen molar-refractivity contribution in [1.29, 1.82) is 0 Å². The van der Waals surface area contributed by atoms with E-state index >= 15 is 0 Å². The van der Waals surface area contributed by atoms with Crippen LogP contribution in [0.4, 0.5) is 0 Å². The molecule has 0 saturated heterocycles. The number of carbonyl (C=O) groups is 1. The van der Waals surface area contributed by atoms with Crippen molar-refractivity contribution in [3.05, 3.63) is 35.4 Å². The summed E-state index contributed by atoms with van der Waals surface area (Å²) in [5, 5.41) is 12.0. The Labute approximate surface area is 121 Å². The number of aliphatic hydroxyl groups excluding tert-OH is 1. The summed E-state index contributed by atoms with van der Waals surface area (Å²) in [5.74, 6) is 0.968. The molecule has 3 nitrogen and oxygen atoms in total. The van der Waals surface area contributed by atoms with E-state index in [2.05, 4.69) is 5.32 Å². The SMILES string of the molecule is O=C(CCC1CCCC1)NCCc1ccc(CO)cc1. The Morgan fingerprint density at radius 2 is 1.80 bits per heavy atom. The van der Waals surface area contributed by atoms with E-state index in [0.717, 1.165) is 24.3 Å². The molecule has 2 rings (SSSR count). The van der Waals surface area contributed by atoms with Crippen molar-refractivity contribution < 1.29 is 9.90 Å². The van der Waals surface area contributed by atoms with Gasteiger partial charge in [-0.15, -0.1) is 0 Å². The van der Waals surface area contributed by atoms with Gasteiger partial charge in [0.2, 0.25) is 5.91 Å². The molecule has 1 aromatic rings. The quantitative estimate of drug-likeness (QED) is 0.804. The van der Waals surface area contributed by atoms with Gasteiger partial charge in [-0.3, -0.25) is 4.79 Å². The average molecular weight is 275 g/mol. The average Bonchev–Trinajstić information content (AvgIpc) is 2.99. The molecule has 1 saturated carbocycles. The fourth-order valence-corrected chi connectivity index (χ4v) is 2.88. The fraction of sp³-hybridized carbons (Fsp3) is 0.588. The first-order valence-corrected chi connectivity index (χ1v) is 7.73. The van der Waals surface area contributed by atoms with Crippen LogP contribution in [0.2, 0.25) is 0 Å². The number of aliphatic hydroxyl groups is 1. The topological polar surface area (TPSA) is 49.3 Å². The van der Waals surface area contributed by atoms with Crippen LogP contribution in [0.1, 0.15) is 49.7 Å². The second-order valence-corrected chi connectivity index (χ2v) is 5.76. The van der Waals surface area contributed by atoms with Crippen LogP contribution in [0.15, 0.2) is 24.3 Å². The fourth-order valence-electron chi connectivity index (χ4n) is 2.88. The van der Waals surface area contributed by atoms with Gasteiger partial charge in [0.15, 0.2) is 0 Å². The van der Waals surface area contributed by atoms with E-state index in [1.165, 1.54) is 31.2 Å². The minimum atomic E-state index is 0.0815. The van der Waals surface area contributed by atoms with Crippen LogP contribution < -0.4 is 5.32 Å². The minimum absolute atomic E-state index is 0.0815. The van der Waals surface area contributed by atoms with Crippen molar-refractivity contribution >= 4 is 5.91 Å². The summed E-state index contributed by atoms with van der Waals surface area (Å²) in [4.78, 5) is 11.7. The van der Waals surface area contributed by atoms with E-state index in [9.17, 15) is 4.79 Å². The summed E-state index contributed by atoms with van der Waals surface area (Å²) < 4.78 is 0. The maximum atomic E-state index is 11.7. The first kappa shape index (κ1) is 15.0. The van der Waals surface area contributed by atoms with Gasteiger partial charge in [-0.2, -0.15) is 0 Å². The molecule has 1 amide bonds. The maximum Gasteiger partial charge on any atom is 0.220 e. The van der Waals surface area contributed by atoms with Gasteiger partial charge >= 0.3 is 0 Å². The molecule has 110 valence electrons. The van der Waals surface area contributed by atoms with Gasteiger partial charge in [-0.05, 0) is 29.9 Å². The third-order valence-corrected chi connectivity index (χ3v) is 4.20. The van der Waals surface area contributed by atoms with Crippen LogP contribution in [0, 0.1) is 5.92 Å². The summed E-state index contributed by atoms with van der Waals surface area (Å²) in [7, 11) is 0. The molecule has 0 aromatic heterocycles. The first-order chi connectivity index (χ1) is 9.78. The van der Waals surface area contributed by atoms with E-state index in [0.29, 0.717) is 13.0 Å². The van der Waals surface area contributed by atoms with Crippen molar-refractivity contribution in [3.63, 3.8) is 0 Å².